The quantitative estimate of drug-likeness (QED) is 0.868. The lowest BCUT2D eigenvalue weighted by Crippen LogP contribution is -2.03. The average molecular weight is 272 g/mol. The summed E-state index contributed by atoms with van der Waals surface area (Å²) in [5, 5.41) is 8.00. The second-order valence-electron chi connectivity index (χ2n) is 5.27. The van der Waals surface area contributed by atoms with Gasteiger partial charge in [0.05, 0.1) is 11.4 Å². The normalized spacial score (nSPS) is 10.9. The molecule has 0 fully saturated rings. The van der Waals surface area contributed by atoms with E-state index in [1.54, 1.807) is 0 Å². The van der Waals surface area contributed by atoms with Gasteiger partial charge in [-0.3, -0.25) is 0 Å². The number of nitrogens with two attached hydrogens (primary N) is 1. The summed E-state index contributed by atoms with van der Waals surface area (Å²) >= 11 is 0. The highest BCUT2D eigenvalue weighted by Crippen LogP contribution is 2.33. The molecule has 0 unspecified atom stereocenters. The van der Waals surface area contributed by atoms with E-state index in [-0.39, 0.29) is 6.01 Å². The van der Waals surface area contributed by atoms with Crippen LogP contribution < -0.4 is 10.5 Å². The predicted molar refractivity (Wildman–Crippen MR) is 79.1 cm³/mol. The molecular weight excluding hydrogens is 252 g/mol. The van der Waals surface area contributed by atoms with Crippen LogP contribution >= 0.6 is 0 Å². The Bertz CT molecular complexity index is 638. The SMILES string of the molecule is Cc1cc(Oc2nnc(C)c(C)n2)c(C(C)C)cc1N. The summed E-state index contributed by atoms with van der Waals surface area (Å²) in [5.41, 5.74) is 10.4. The molecule has 5 nitrogen and oxygen atoms in total. The maximum absolute atomic E-state index is 5.97. The number of hydrogen-bond acceptors (Lipinski definition) is 5. The van der Waals surface area contributed by atoms with Gasteiger partial charge in [0.15, 0.2) is 0 Å². The van der Waals surface area contributed by atoms with Crippen molar-refractivity contribution in [2.75, 3.05) is 5.73 Å². The Morgan fingerprint density at radius 2 is 1.75 bits per heavy atom. The van der Waals surface area contributed by atoms with Gasteiger partial charge in [-0.25, -0.2) is 0 Å². The summed E-state index contributed by atoms with van der Waals surface area (Å²) in [6.07, 6.45) is 0. The Hall–Kier alpha value is -2.17. The Kier molecular flexibility index (Phi) is 3.88. The van der Waals surface area contributed by atoms with Gasteiger partial charge in [-0.05, 0) is 49.9 Å². The number of aromatic nitrogens is 3. The maximum Gasteiger partial charge on any atom is 0.341 e. The Morgan fingerprint density at radius 1 is 1.05 bits per heavy atom. The molecule has 0 amide bonds. The molecule has 0 aliphatic heterocycles. The van der Waals surface area contributed by atoms with Crippen LogP contribution in [0.3, 0.4) is 0 Å². The molecule has 0 aliphatic carbocycles. The minimum absolute atomic E-state index is 0.263. The molecule has 2 N–H and O–H groups in total. The van der Waals surface area contributed by atoms with Gasteiger partial charge < -0.3 is 10.5 Å². The van der Waals surface area contributed by atoms with Crippen LogP contribution in [0.5, 0.6) is 11.8 Å². The molecule has 1 aromatic carbocycles. The van der Waals surface area contributed by atoms with Gasteiger partial charge in [-0.2, -0.15) is 4.98 Å². The number of nitrogen functional groups attached to an aromatic ring is 1. The Morgan fingerprint density at radius 3 is 2.35 bits per heavy atom. The molecule has 1 heterocycles. The lowest BCUT2D eigenvalue weighted by atomic mass is 9.99. The third-order valence-corrected chi connectivity index (χ3v) is 3.29. The number of rotatable bonds is 3. The van der Waals surface area contributed by atoms with Crippen molar-refractivity contribution in [3.63, 3.8) is 0 Å². The van der Waals surface area contributed by atoms with E-state index in [2.05, 4.69) is 29.0 Å². The van der Waals surface area contributed by atoms with Gasteiger partial charge in [-0.15, -0.1) is 5.10 Å². The molecule has 20 heavy (non-hydrogen) atoms. The van der Waals surface area contributed by atoms with Crippen molar-refractivity contribution < 1.29 is 4.74 Å². The van der Waals surface area contributed by atoms with Crippen LogP contribution in [-0.2, 0) is 0 Å². The number of aryl methyl sites for hydroxylation is 3. The van der Waals surface area contributed by atoms with E-state index < -0.39 is 0 Å². The summed E-state index contributed by atoms with van der Waals surface area (Å²) in [6, 6.07) is 4.13. The number of anilines is 1. The van der Waals surface area contributed by atoms with Gasteiger partial charge in [0, 0.05) is 5.69 Å². The molecule has 2 aromatic rings. The molecule has 2 rings (SSSR count). The Balaban J connectivity index is 2.41. The van der Waals surface area contributed by atoms with Crippen LogP contribution in [-0.4, -0.2) is 15.2 Å². The highest BCUT2D eigenvalue weighted by molar-refractivity contribution is 5.55. The Labute approximate surface area is 119 Å². The molecule has 106 valence electrons. The van der Waals surface area contributed by atoms with Crippen LogP contribution in [0.15, 0.2) is 12.1 Å². The number of hydrogen-bond donors (Lipinski definition) is 1. The van der Waals surface area contributed by atoms with Crippen molar-refractivity contribution in [3.8, 4) is 11.8 Å². The van der Waals surface area contributed by atoms with Crippen molar-refractivity contribution in [2.24, 2.45) is 0 Å². The van der Waals surface area contributed by atoms with Crippen molar-refractivity contribution in [1.29, 1.82) is 0 Å². The van der Waals surface area contributed by atoms with Crippen molar-refractivity contribution >= 4 is 5.69 Å². The third kappa shape index (κ3) is 2.87. The van der Waals surface area contributed by atoms with E-state index in [0.717, 1.165) is 34.0 Å². The van der Waals surface area contributed by atoms with Crippen LogP contribution in [0, 0.1) is 20.8 Å². The number of ether oxygens (including phenoxy) is 1. The maximum atomic E-state index is 5.97. The second kappa shape index (κ2) is 5.45. The first-order chi connectivity index (χ1) is 9.38. The zero-order valence-corrected chi connectivity index (χ0v) is 12.6. The van der Waals surface area contributed by atoms with Crippen molar-refractivity contribution in [2.45, 2.75) is 40.5 Å². The molecule has 5 heteroatoms. The van der Waals surface area contributed by atoms with E-state index in [0.29, 0.717) is 5.92 Å². The lowest BCUT2D eigenvalue weighted by Gasteiger charge is -2.15. The highest BCUT2D eigenvalue weighted by Gasteiger charge is 2.13. The fourth-order valence-corrected chi connectivity index (χ4v) is 1.83. The fourth-order valence-electron chi connectivity index (χ4n) is 1.83. The zero-order chi connectivity index (χ0) is 14.9. The summed E-state index contributed by atoms with van der Waals surface area (Å²) in [5.74, 6) is 1.03. The van der Waals surface area contributed by atoms with Gasteiger partial charge in [-0.1, -0.05) is 18.9 Å². The minimum Gasteiger partial charge on any atom is -0.423 e. The highest BCUT2D eigenvalue weighted by atomic mass is 16.5. The summed E-state index contributed by atoms with van der Waals surface area (Å²) in [6.45, 7) is 9.89. The summed E-state index contributed by atoms with van der Waals surface area (Å²) in [4.78, 5) is 4.29. The topological polar surface area (TPSA) is 73.9 Å². The lowest BCUT2D eigenvalue weighted by molar-refractivity contribution is 0.423. The molecule has 0 saturated heterocycles. The van der Waals surface area contributed by atoms with Crippen molar-refractivity contribution in [1.82, 2.24) is 15.2 Å². The molecule has 0 radical (unpaired) electrons. The van der Waals surface area contributed by atoms with Crippen molar-refractivity contribution in [3.05, 3.63) is 34.6 Å². The molecule has 0 bridgehead atoms. The smallest absolute Gasteiger partial charge is 0.341 e. The van der Waals surface area contributed by atoms with Gasteiger partial charge in [0.25, 0.3) is 0 Å². The average Bonchev–Trinajstić information content (AvgIpc) is 2.37. The van der Waals surface area contributed by atoms with E-state index in [9.17, 15) is 0 Å². The molecule has 0 aliphatic rings. The monoisotopic (exact) mass is 272 g/mol. The predicted octanol–water partition coefficient (Wildman–Crippen LogP) is 3.29. The van der Waals surface area contributed by atoms with E-state index in [4.69, 9.17) is 10.5 Å². The molecule has 0 saturated carbocycles. The molecular formula is C15H20N4O. The van der Waals surface area contributed by atoms with Gasteiger partial charge in [0.1, 0.15) is 5.75 Å². The molecule has 1 aromatic heterocycles. The first-order valence-electron chi connectivity index (χ1n) is 6.64. The third-order valence-electron chi connectivity index (χ3n) is 3.29. The minimum atomic E-state index is 0.263. The standard InChI is InChI=1S/C15H20N4O/c1-8(2)12-7-13(16)9(3)6-14(12)20-15-17-10(4)11(5)18-19-15/h6-8H,16H2,1-5H3. The fraction of sp³-hybridized carbons (Fsp3) is 0.400. The largest absolute Gasteiger partial charge is 0.423 e. The van der Waals surface area contributed by atoms with E-state index in [1.807, 2.05) is 32.9 Å². The van der Waals surface area contributed by atoms with Gasteiger partial charge in [0.2, 0.25) is 0 Å². The van der Waals surface area contributed by atoms with E-state index >= 15 is 0 Å². The first kappa shape index (κ1) is 14.2. The molecule has 0 spiro atoms. The van der Waals surface area contributed by atoms with Crippen LogP contribution in [0.1, 0.15) is 42.3 Å². The van der Waals surface area contributed by atoms with Gasteiger partial charge >= 0.3 is 6.01 Å². The van der Waals surface area contributed by atoms with Crippen LogP contribution in [0.2, 0.25) is 0 Å². The second-order valence-corrected chi connectivity index (χ2v) is 5.27. The van der Waals surface area contributed by atoms with E-state index in [1.165, 1.54) is 0 Å². The zero-order valence-electron chi connectivity index (χ0n) is 12.6. The van der Waals surface area contributed by atoms with Crippen LogP contribution in [0.25, 0.3) is 0 Å². The molecule has 0 atom stereocenters. The number of nitrogens with zero attached hydrogens (tertiary/aromatic N) is 3. The first-order valence-corrected chi connectivity index (χ1v) is 6.64. The summed E-state index contributed by atoms with van der Waals surface area (Å²) in [7, 11) is 0. The summed E-state index contributed by atoms with van der Waals surface area (Å²) < 4.78 is 5.80. The number of benzene rings is 1. The van der Waals surface area contributed by atoms with Crippen LogP contribution in [0.4, 0.5) is 5.69 Å².